The van der Waals surface area contributed by atoms with Gasteiger partial charge in [-0.15, -0.1) is 0 Å². The molecule has 0 fully saturated rings. The average molecular weight is 488 g/mol. The molecule has 2 aromatic rings. The van der Waals surface area contributed by atoms with Crippen molar-refractivity contribution in [2.24, 2.45) is 0 Å². The van der Waals surface area contributed by atoms with E-state index in [0.29, 0.717) is 6.08 Å². The van der Waals surface area contributed by atoms with Crippen molar-refractivity contribution in [2.75, 3.05) is 26.4 Å². The monoisotopic (exact) mass is 488 g/mol. The molecule has 0 aliphatic carbocycles. The molecule has 0 radical (unpaired) electrons. The summed E-state index contributed by atoms with van der Waals surface area (Å²) in [6.45, 7) is 5.90. The molecule has 0 aliphatic rings. The normalized spacial score (nSPS) is 9.94. The SMILES string of the molecule is C=Cc1c(F)c(C)c(F)c(F)c1F.C=Cc1c(F)c(F)c(OCCO)c(F)c1F.OCCO. The van der Waals surface area contributed by atoms with E-state index in [-0.39, 0.29) is 13.2 Å². The van der Waals surface area contributed by atoms with Crippen LogP contribution in [0.3, 0.4) is 0 Å². The van der Waals surface area contributed by atoms with Crippen LogP contribution in [0.25, 0.3) is 12.2 Å². The zero-order chi connectivity index (χ0) is 25.9. The van der Waals surface area contributed by atoms with Crippen molar-refractivity contribution in [3.8, 4) is 5.75 Å². The predicted molar refractivity (Wildman–Crippen MR) is 104 cm³/mol. The van der Waals surface area contributed by atoms with Crippen LogP contribution in [-0.4, -0.2) is 41.7 Å². The van der Waals surface area contributed by atoms with Crippen molar-refractivity contribution < 1.29 is 55.2 Å². The number of hydrogen-bond acceptors (Lipinski definition) is 4. The van der Waals surface area contributed by atoms with Gasteiger partial charge in [-0.2, -0.15) is 8.78 Å². The van der Waals surface area contributed by atoms with Gasteiger partial charge in [-0.25, -0.2) is 26.3 Å². The van der Waals surface area contributed by atoms with E-state index >= 15 is 0 Å². The summed E-state index contributed by atoms with van der Waals surface area (Å²) in [6.07, 6.45) is 1.47. The Bertz CT molecular complexity index is 920. The molecule has 0 bridgehead atoms. The van der Waals surface area contributed by atoms with E-state index in [1.54, 1.807) is 0 Å². The number of aliphatic hydroxyl groups excluding tert-OH is 3. The molecule has 0 atom stereocenters. The molecule has 0 heterocycles. The van der Waals surface area contributed by atoms with Crippen LogP contribution in [-0.2, 0) is 0 Å². The summed E-state index contributed by atoms with van der Waals surface area (Å²) in [5, 5.41) is 23.6. The molecule has 0 unspecified atom stereocenters. The largest absolute Gasteiger partial charge is 0.485 e. The molecule has 33 heavy (non-hydrogen) atoms. The number of aliphatic hydroxyl groups is 3. The molecular weight excluding hydrogens is 468 g/mol. The Kier molecular flexibility index (Phi) is 13.0. The molecule has 0 saturated carbocycles. The molecule has 12 heteroatoms. The van der Waals surface area contributed by atoms with Gasteiger partial charge in [0.2, 0.25) is 11.6 Å². The first kappa shape index (κ1) is 30.0. The predicted octanol–water partition coefficient (Wildman–Crippen LogP) is 4.42. The highest BCUT2D eigenvalue weighted by molar-refractivity contribution is 5.52. The quantitative estimate of drug-likeness (QED) is 0.320. The van der Waals surface area contributed by atoms with Crippen LogP contribution in [0.1, 0.15) is 16.7 Å². The minimum atomic E-state index is -1.67. The molecule has 2 rings (SSSR count). The van der Waals surface area contributed by atoms with Gasteiger partial charge in [-0.1, -0.05) is 25.3 Å². The summed E-state index contributed by atoms with van der Waals surface area (Å²) in [5.41, 5.74) is -2.09. The van der Waals surface area contributed by atoms with Crippen LogP contribution >= 0.6 is 0 Å². The molecule has 0 spiro atoms. The van der Waals surface area contributed by atoms with Crippen LogP contribution in [0.4, 0.5) is 35.1 Å². The maximum atomic E-state index is 13.2. The van der Waals surface area contributed by atoms with Gasteiger partial charge in [-0.3, -0.25) is 0 Å². The second-order valence-corrected chi connectivity index (χ2v) is 5.72. The first-order chi connectivity index (χ1) is 15.5. The van der Waals surface area contributed by atoms with Crippen LogP contribution in [0.2, 0.25) is 0 Å². The maximum absolute atomic E-state index is 13.2. The van der Waals surface area contributed by atoms with Crippen LogP contribution < -0.4 is 4.74 Å². The first-order valence-electron chi connectivity index (χ1n) is 8.85. The second kappa shape index (κ2) is 14.2. The highest BCUT2D eigenvalue weighted by Gasteiger charge is 2.25. The fourth-order valence-corrected chi connectivity index (χ4v) is 2.04. The highest BCUT2D eigenvalue weighted by Crippen LogP contribution is 2.30. The Morgan fingerprint density at radius 3 is 1.36 bits per heavy atom. The number of benzene rings is 2. The van der Waals surface area contributed by atoms with E-state index < -0.39 is 82.2 Å². The molecule has 0 amide bonds. The number of rotatable bonds is 6. The zero-order valence-electron chi connectivity index (χ0n) is 17.2. The van der Waals surface area contributed by atoms with E-state index in [4.69, 9.17) is 15.3 Å². The Balaban J connectivity index is 0.000000542. The molecule has 0 aliphatic heterocycles. The lowest BCUT2D eigenvalue weighted by Gasteiger charge is -2.10. The number of halogens is 8. The van der Waals surface area contributed by atoms with Gasteiger partial charge < -0.3 is 20.1 Å². The van der Waals surface area contributed by atoms with Crippen molar-refractivity contribution in [1.82, 2.24) is 0 Å². The van der Waals surface area contributed by atoms with E-state index in [1.807, 2.05) is 0 Å². The van der Waals surface area contributed by atoms with E-state index in [9.17, 15) is 35.1 Å². The third-order valence-electron chi connectivity index (χ3n) is 3.62. The molecular formula is C21H20F8O4. The third kappa shape index (κ3) is 7.27. The van der Waals surface area contributed by atoms with Crippen molar-refractivity contribution in [3.63, 3.8) is 0 Å². The van der Waals surface area contributed by atoms with Gasteiger partial charge in [0.15, 0.2) is 34.8 Å². The van der Waals surface area contributed by atoms with Crippen molar-refractivity contribution in [1.29, 1.82) is 0 Å². The maximum Gasteiger partial charge on any atom is 0.204 e. The summed E-state index contributed by atoms with van der Waals surface area (Å²) in [7, 11) is 0. The summed E-state index contributed by atoms with van der Waals surface area (Å²) >= 11 is 0. The number of hydrogen-bond donors (Lipinski definition) is 3. The smallest absolute Gasteiger partial charge is 0.204 e. The summed E-state index contributed by atoms with van der Waals surface area (Å²) in [4.78, 5) is 0. The summed E-state index contributed by atoms with van der Waals surface area (Å²) in [6, 6.07) is 0. The van der Waals surface area contributed by atoms with Crippen molar-refractivity contribution in [2.45, 2.75) is 6.92 Å². The Morgan fingerprint density at radius 1 is 0.606 bits per heavy atom. The Labute approximate surface area is 183 Å². The van der Waals surface area contributed by atoms with Crippen molar-refractivity contribution >= 4 is 12.2 Å². The minimum Gasteiger partial charge on any atom is -0.485 e. The minimum absolute atomic E-state index is 0.125. The molecule has 0 saturated heterocycles. The second-order valence-electron chi connectivity index (χ2n) is 5.72. The molecule has 2 aromatic carbocycles. The van der Waals surface area contributed by atoms with Gasteiger partial charge in [0.05, 0.1) is 25.4 Å². The lowest BCUT2D eigenvalue weighted by molar-refractivity contribution is 0.186. The lowest BCUT2D eigenvalue weighted by Crippen LogP contribution is -2.09. The highest BCUT2D eigenvalue weighted by atomic mass is 19.2. The van der Waals surface area contributed by atoms with Crippen molar-refractivity contribution in [3.05, 3.63) is 76.4 Å². The van der Waals surface area contributed by atoms with E-state index in [1.165, 1.54) is 0 Å². The topological polar surface area (TPSA) is 69.9 Å². The fraction of sp³-hybridized carbons (Fsp3) is 0.238. The summed E-state index contributed by atoms with van der Waals surface area (Å²) in [5.74, 6) is -13.5. The Morgan fingerprint density at radius 2 is 1.00 bits per heavy atom. The van der Waals surface area contributed by atoms with Gasteiger partial charge in [0, 0.05) is 11.1 Å². The van der Waals surface area contributed by atoms with Gasteiger partial charge in [0.25, 0.3) is 0 Å². The fourth-order valence-electron chi connectivity index (χ4n) is 2.04. The van der Waals surface area contributed by atoms with Crippen LogP contribution in [0, 0.1) is 53.5 Å². The average Bonchev–Trinajstić information content (AvgIpc) is 2.81. The van der Waals surface area contributed by atoms with E-state index in [2.05, 4.69) is 17.9 Å². The van der Waals surface area contributed by atoms with Gasteiger partial charge in [-0.05, 0) is 6.92 Å². The van der Waals surface area contributed by atoms with Gasteiger partial charge in [0.1, 0.15) is 12.4 Å². The van der Waals surface area contributed by atoms with E-state index in [0.717, 1.165) is 13.0 Å². The summed E-state index contributed by atoms with van der Waals surface area (Å²) < 4.78 is 108. The molecule has 3 N–H and O–H groups in total. The Hall–Kier alpha value is -2.96. The standard InChI is InChI=1S/C10H8F4O2.C9H6F4.C2H6O2/c1-2-5-6(11)8(13)10(16-4-3-15)9(14)7(5)12;1-3-5-6(10)4(2)7(11)9(13)8(5)12;3-1-2-4/h2,15H,1,3-4H2;3H,1H2,2H3;3-4H,1-2H2. The van der Waals surface area contributed by atoms with Gasteiger partial charge >= 0.3 is 0 Å². The molecule has 4 nitrogen and oxygen atoms in total. The van der Waals surface area contributed by atoms with Crippen LogP contribution in [0.5, 0.6) is 5.75 Å². The third-order valence-corrected chi connectivity index (χ3v) is 3.62. The molecule has 184 valence electrons. The first-order valence-corrected chi connectivity index (χ1v) is 8.85. The molecule has 0 aromatic heterocycles. The van der Waals surface area contributed by atoms with Crippen LogP contribution in [0.15, 0.2) is 13.2 Å². The lowest BCUT2D eigenvalue weighted by atomic mass is 10.1. The number of ether oxygens (including phenoxy) is 1. The zero-order valence-corrected chi connectivity index (χ0v) is 17.2.